The largest absolute Gasteiger partial charge is 0.371 e. The molecule has 0 aliphatic carbocycles. The molecular formula is C4H6Cl2O. The van der Waals surface area contributed by atoms with Crippen molar-refractivity contribution < 1.29 is 4.74 Å². The molecule has 0 unspecified atom stereocenters. The Balaban J connectivity index is 2.10. The van der Waals surface area contributed by atoms with Crippen LogP contribution in [-0.2, 0) is 4.74 Å². The summed E-state index contributed by atoms with van der Waals surface area (Å²) in [5.74, 6) is 0.492. The number of epoxide rings is 1. The molecule has 0 aromatic rings. The first-order valence-corrected chi connectivity index (χ1v) is 3.13. The third-order valence-corrected chi connectivity index (χ3v) is 1.84. The fourth-order valence-corrected chi connectivity index (χ4v) is 0.708. The van der Waals surface area contributed by atoms with E-state index in [1.165, 1.54) is 0 Å². The standard InChI is InChI=1S/C4H6Cl2O/c5-1-3(6)4-2-7-4/h3-4H,1-2H2/t3-,4+/m1/s1. The van der Waals surface area contributed by atoms with Gasteiger partial charge in [-0.2, -0.15) is 0 Å². The van der Waals surface area contributed by atoms with Crippen LogP contribution in [0.4, 0.5) is 0 Å². The van der Waals surface area contributed by atoms with Gasteiger partial charge in [-0.1, -0.05) is 0 Å². The first kappa shape index (κ1) is 5.67. The maximum atomic E-state index is 5.61. The predicted molar refractivity (Wildman–Crippen MR) is 30.1 cm³/mol. The maximum Gasteiger partial charge on any atom is 0.0984 e. The van der Waals surface area contributed by atoms with E-state index in [1.54, 1.807) is 0 Å². The second kappa shape index (κ2) is 2.21. The summed E-state index contributed by atoms with van der Waals surface area (Å²) in [5, 5.41) is 0.0293. The molecule has 1 aliphatic heterocycles. The lowest BCUT2D eigenvalue weighted by Crippen LogP contribution is -2.07. The van der Waals surface area contributed by atoms with E-state index in [1.807, 2.05) is 0 Å². The molecule has 2 atom stereocenters. The summed E-state index contributed by atoms with van der Waals surface area (Å²) < 4.78 is 4.84. The first-order chi connectivity index (χ1) is 3.34. The second-order valence-electron chi connectivity index (χ2n) is 1.54. The summed E-state index contributed by atoms with van der Waals surface area (Å²) in [5.41, 5.74) is 0. The van der Waals surface area contributed by atoms with Crippen molar-refractivity contribution in [1.29, 1.82) is 0 Å². The zero-order valence-corrected chi connectivity index (χ0v) is 5.24. The van der Waals surface area contributed by atoms with Crippen LogP contribution in [0, 0.1) is 0 Å². The summed E-state index contributed by atoms with van der Waals surface area (Å²) in [7, 11) is 0. The molecule has 3 heteroatoms. The highest BCUT2D eigenvalue weighted by atomic mass is 35.5. The zero-order valence-electron chi connectivity index (χ0n) is 3.73. The smallest absolute Gasteiger partial charge is 0.0984 e. The molecule has 7 heavy (non-hydrogen) atoms. The average Bonchev–Trinajstić information content (AvgIpc) is 2.44. The molecule has 0 radical (unpaired) electrons. The van der Waals surface area contributed by atoms with Crippen LogP contribution < -0.4 is 0 Å². The van der Waals surface area contributed by atoms with Gasteiger partial charge in [-0.25, -0.2) is 0 Å². The van der Waals surface area contributed by atoms with Gasteiger partial charge in [0.05, 0.1) is 18.1 Å². The van der Waals surface area contributed by atoms with Gasteiger partial charge in [0, 0.05) is 5.88 Å². The van der Waals surface area contributed by atoms with E-state index < -0.39 is 0 Å². The molecule has 0 saturated carbocycles. The van der Waals surface area contributed by atoms with Gasteiger partial charge < -0.3 is 4.74 Å². The lowest BCUT2D eigenvalue weighted by molar-refractivity contribution is 0.406. The molecule has 1 heterocycles. The van der Waals surface area contributed by atoms with Gasteiger partial charge in [0.15, 0.2) is 0 Å². The van der Waals surface area contributed by atoms with Crippen molar-refractivity contribution in [3.63, 3.8) is 0 Å². The highest BCUT2D eigenvalue weighted by Gasteiger charge is 2.30. The minimum Gasteiger partial charge on any atom is -0.371 e. The molecular weight excluding hydrogens is 135 g/mol. The van der Waals surface area contributed by atoms with Crippen molar-refractivity contribution in [1.82, 2.24) is 0 Å². The van der Waals surface area contributed by atoms with Crippen molar-refractivity contribution in [2.24, 2.45) is 0 Å². The van der Waals surface area contributed by atoms with Crippen molar-refractivity contribution >= 4 is 23.2 Å². The van der Waals surface area contributed by atoms with Crippen LogP contribution in [0.5, 0.6) is 0 Å². The molecule has 0 N–H and O–H groups in total. The van der Waals surface area contributed by atoms with E-state index in [0.717, 1.165) is 6.61 Å². The van der Waals surface area contributed by atoms with Gasteiger partial charge in [-0.05, 0) is 0 Å². The maximum absolute atomic E-state index is 5.61. The van der Waals surface area contributed by atoms with E-state index in [4.69, 9.17) is 27.9 Å². The van der Waals surface area contributed by atoms with Crippen LogP contribution in [0.2, 0.25) is 0 Å². The normalized spacial score (nSPS) is 32.6. The van der Waals surface area contributed by atoms with Gasteiger partial charge in [0.25, 0.3) is 0 Å². The Labute approximate surface area is 52.5 Å². The van der Waals surface area contributed by atoms with Crippen LogP contribution in [0.3, 0.4) is 0 Å². The minimum atomic E-state index is 0.0293. The number of hydrogen-bond acceptors (Lipinski definition) is 1. The number of rotatable bonds is 2. The van der Waals surface area contributed by atoms with E-state index in [2.05, 4.69) is 0 Å². The van der Waals surface area contributed by atoms with Crippen molar-refractivity contribution in [2.45, 2.75) is 11.5 Å². The van der Waals surface area contributed by atoms with Crippen molar-refractivity contribution in [3.05, 3.63) is 0 Å². The summed E-state index contributed by atoms with van der Waals surface area (Å²) in [6, 6.07) is 0. The topological polar surface area (TPSA) is 12.5 Å². The van der Waals surface area contributed by atoms with Gasteiger partial charge in [-0.3, -0.25) is 0 Å². The number of hydrogen-bond donors (Lipinski definition) is 0. The van der Waals surface area contributed by atoms with Crippen LogP contribution in [0.1, 0.15) is 0 Å². The highest BCUT2D eigenvalue weighted by Crippen LogP contribution is 2.19. The fourth-order valence-electron chi connectivity index (χ4n) is 0.364. The van der Waals surface area contributed by atoms with Gasteiger partial charge in [0.2, 0.25) is 0 Å². The molecule has 1 nitrogen and oxygen atoms in total. The quantitative estimate of drug-likeness (QED) is 0.416. The summed E-state index contributed by atoms with van der Waals surface area (Å²) >= 11 is 11.0. The summed E-state index contributed by atoms with van der Waals surface area (Å²) in [6.45, 7) is 0.793. The fraction of sp³-hybridized carbons (Fsp3) is 1.00. The summed E-state index contributed by atoms with van der Waals surface area (Å²) in [4.78, 5) is 0. The van der Waals surface area contributed by atoms with Crippen molar-refractivity contribution in [3.8, 4) is 0 Å². The molecule has 0 amide bonds. The van der Waals surface area contributed by atoms with Crippen LogP contribution in [0.25, 0.3) is 0 Å². The van der Waals surface area contributed by atoms with Crippen LogP contribution in [0.15, 0.2) is 0 Å². The predicted octanol–water partition coefficient (Wildman–Crippen LogP) is 1.23. The molecule has 1 saturated heterocycles. The Morgan fingerprint density at radius 1 is 1.86 bits per heavy atom. The summed E-state index contributed by atoms with van der Waals surface area (Å²) in [6.07, 6.45) is 0.249. The molecule has 0 aromatic carbocycles. The molecule has 1 rings (SSSR count). The minimum absolute atomic E-state index is 0.0293. The highest BCUT2D eigenvalue weighted by molar-refractivity contribution is 6.28. The van der Waals surface area contributed by atoms with Gasteiger partial charge >= 0.3 is 0 Å². The van der Waals surface area contributed by atoms with E-state index in [-0.39, 0.29) is 11.5 Å². The third-order valence-electron chi connectivity index (χ3n) is 0.910. The van der Waals surface area contributed by atoms with Crippen molar-refractivity contribution in [2.75, 3.05) is 12.5 Å². The van der Waals surface area contributed by atoms with Crippen LogP contribution in [-0.4, -0.2) is 24.0 Å². The first-order valence-electron chi connectivity index (χ1n) is 2.16. The van der Waals surface area contributed by atoms with E-state index in [9.17, 15) is 0 Å². The Morgan fingerprint density at radius 2 is 2.43 bits per heavy atom. The molecule has 42 valence electrons. The molecule has 0 spiro atoms. The van der Waals surface area contributed by atoms with Gasteiger partial charge in [-0.15, -0.1) is 23.2 Å². The molecule has 0 bridgehead atoms. The third kappa shape index (κ3) is 1.48. The number of ether oxygens (including phenoxy) is 1. The van der Waals surface area contributed by atoms with E-state index in [0.29, 0.717) is 5.88 Å². The molecule has 0 aromatic heterocycles. The molecule has 1 fully saturated rings. The number of halogens is 2. The van der Waals surface area contributed by atoms with Gasteiger partial charge in [0.1, 0.15) is 0 Å². The SMILES string of the molecule is ClC[C@@H](Cl)[C@@H]1CO1. The Bertz CT molecular complexity index is 62.7. The zero-order chi connectivity index (χ0) is 5.28. The lowest BCUT2D eigenvalue weighted by Gasteiger charge is -1.94. The Hall–Kier alpha value is 0.540. The van der Waals surface area contributed by atoms with Crippen LogP contribution >= 0.6 is 23.2 Å². The lowest BCUT2D eigenvalue weighted by atomic mass is 10.4. The monoisotopic (exact) mass is 140 g/mol. The molecule has 1 aliphatic rings. The Morgan fingerprint density at radius 3 is 2.57 bits per heavy atom. The second-order valence-corrected chi connectivity index (χ2v) is 2.41. The average molecular weight is 141 g/mol. The Kier molecular flexibility index (Phi) is 1.79. The van der Waals surface area contributed by atoms with E-state index >= 15 is 0 Å². The number of alkyl halides is 2.